The highest BCUT2D eigenvalue weighted by Gasteiger charge is 2.38. The van der Waals surface area contributed by atoms with E-state index in [9.17, 15) is 19.2 Å². The van der Waals surface area contributed by atoms with Gasteiger partial charge in [0.2, 0.25) is 0 Å². The number of amides is 4. The summed E-state index contributed by atoms with van der Waals surface area (Å²) in [4.78, 5) is 56.0. The van der Waals surface area contributed by atoms with Crippen LogP contribution >= 0.6 is 0 Å². The summed E-state index contributed by atoms with van der Waals surface area (Å²) in [6.07, 6.45) is 0. The largest absolute Gasteiger partial charge is 0.457 e. The van der Waals surface area contributed by atoms with Gasteiger partial charge in [0.15, 0.2) is 0 Å². The van der Waals surface area contributed by atoms with Crippen LogP contribution in [0.4, 0.5) is 11.4 Å². The Hall–Kier alpha value is -6.80. The molecule has 8 nitrogen and oxygen atoms in total. The van der Waals surface area contributed by atoms with Gasteiger partial charge in [-0.2, -0.15) is 0 Å². The van der Waals surface area contributed by atoms with E-state index in [1.807, 2.05) is 60.7 Å². The Labute approximate surface area is 275 Å². The number of ether oxygens (including phenoxy) is 2. The SMILES string of the molecule is O=C1c2ccc(-c3ccc4c(c3)C(=O)N(c3ccc(Oc5ccccc5)cc3)C4=O)cc2C(=O)N1c1ccc(Oc2ccccc2)cc1. The van der Waals surface area contributed by atoms with Crippen molar-refractivity contribution in [3.05, 3.63) is 168 Å². The number of fused-ring (bicyclic) bond motifs is 2. The van der Waals surface area contributed by atoms with Crippen molar-refractivity contribution in [1.29, 1.82) is 0 Å². The minimum Gasteiger partial charge on any atom is -0.457 e. The first-order valence-electron chi connectivity index (χ1n) is 15.2. The average molecular weight is 629 g/mol. The number of nitrogens with zero attached hydrogens (tertiary/aromatic N) is 2. The van der Waals surface area contributed by atoms with Crippen LogP contribution in [-0.2, 0) is 0 Å². The van der Waals surface area contributed by atoms with Gasteiger partial charge in [-0.15, -0.1) is 0 Å². The third-order valence-corrected chi connectivity index (χ3v) is 8.25. The summed E-state index contributed by atoms with van der Waals surface area (Å²) in [6, 6.07) is 42.1. The Kier molecular flexibility index (Phi) is 6.88. The Morgan fingerprint density at radius 2 is 0.667 bits per heavy atom. The van der Waals surface area contributed by atoms with Crippen molar-refractivity contribution in [3.63, 3.8) is 0 Å². The number of benzene rings is 6. The number of para-hydroxylation sites is 2. The van der Waals surface area contributed by atoms with Gasteiger partial charge < -0.3 is 9.47 Å². The number of hydrogen-bond acceptors (Lipinski definition) is 6. The van der Waals surface area contributed by atoms with Crippen molar-refractivity contribution in [2.75, 3.05) is 9.80 Å². The molecule has 0 radical (unpaired) electrons. The minimum absolute atomic E-state index is 0.254. The molecule has 6 aromatic rings. The fourth-order valence-corrected chi connectivity index (χ4v) is 5.89. The van der Waals surface area contributed by atoms with Crippen LogP contribution in [-0.4, -0.2) is 23.6 Å². The van der Waals surface area contributed by atoms with Crippen LogP contribution in [0.2, 0.25) is 0 Å². The lowest BCUT2D eigenvalue weighted by Crippen LogP contribution is -2.29. The van der Waals surface area contributed by atoms with Crippen LogP contribution in [0.1, 0.15) is 41.4 Å². The van der Waals surface area contributed by atoms with E-state index in [-0.39, 0.29) is 22.3 Å². The van der Waals surface area contributed by atoms with Gasteiger partial charge in [-0.25, -0.2) is 9.80 Å². The second-order valence-corrected chi connectivity index (χ2v) is 11.2. The number of hydrogen-bond donors (Lipinski definition) is 0. The molecule has 0 aromatic heterocycles. The lowest BCUT2D eigenvalue weighted by Gasteiger charge is -2.14. The first kappa shape index (κ1) is 28.7. The molecule has 230 valence electrons. The maximum absolute atomic E-state index is 13.5. The van der Waals surface area contributed by atoms with E-state index in [2.05, 4.69) is 0 Å². The number of rotatable bonds is 7. The summed E-state index contributed by atoms with van der Waals surface area (Å²) in [5.74, 6) is 0.730. The smallest absolute Gasteiger partial charge is 0.266 e. The van der Waals surface area contributed by atoms with Gasteiger partial charge in [0.25, 0.3) is 23.6 Å². The number of imide groups is 2. The third kappa shape index (κ3) is 4.98. The quantitative estimate of drug-likeness (QED) is 0.165. The molecule has 0 N–H and O–H groups in total. The van der Waals surface area contributed by atoms with E-state index >= 15 is 0 Å². The van der Waals surface area contributed by atoms with Gasteiger partial charge in [0.1, 0.15) is 23.0 Å². The van der Waals surface area contributed by atoms with Crippen LogP contribution in [0.15, 0.2) is 146 Å². The first-order chi connectivity index (χ1) is 23.4. The summed E-state index contributed by atoms with van der Waals surface area (Å²) < 4.78 is 11.7. The molecule has 2 aliphatic rings. The minimum atomic E-state index is -0.452. The van der Waals surface area contributed by atoms with Gasteiger partial charge in [-0.05, 0) is 108 Å². The standard InChI is InChI=1S/C40H24N2O6/c43-37-33-21-11-25(23-35(33)39(45)41(37)27-13-17-31(18-14-27)47-29-7-3-1-4-8-29)26-12-22-34-36(24-26)40(46)42(38(34)44)28-15-19-32(20-16-28)48-30-9-5-2-6-10-30/h1-24H. The third-order valence-electron chi connectivity index (χ3n) is 8.25. The van der Waals surface area contributed by atoms with Crippen LogP contribution in [0.25, 0.3) is 11.1 Å². The van der Waals surface area contributed by atoms with E-state index in [0.717, 1.165) is 9.80 Å². The summed E-state index contributed by atoms with van der Waals surface area (Å²) in [6.45, 7) is 0. The molecule has 0 saturated heterocycles. The van der Waals surface area contributed by atoms with E-state index in [4.69, 9.17) is 9.47 Å². The predicted octanol–water partition coefficient (Wildman–Crippen LogP) is 8.54. The molecule has 0 aliphatic carbocycles. The Morgan fingerprint density at radius 1 is 0.333 bits per heavy atom. The van der Waals surface area contributed by atoms with Gasteiger partial charge in [-0.1, -0.05) is 48.5 Å². The number of carbonyl (C=O) groups excluding carboxylic acids is 4. The van der Waals surface area contributed by atoms with Crippen molar-refractivity contribution in [1.82, 2.24) is 0 Å². The monoisotopic (exact) mass is 628 g/mol. The molecule has 8 rings (SSSR count). The summed E-state index contributed by atoms with van der Waals surface area (Å²) >= 11 is 0. The molecule has 48 heavy (non-hydrogen) atoms. The van der Waals surface area contributed by atoms with Crippen molar-refractivity contribution < 1.29 is 28.7 Å². The Balaban J connectivity index is 1.02. The first-order valence-corrected chi connectivity index (χ1v) is 15.2. The molecule has 0 spiro atoms. The zero-order chi connectivity index (χ0) is 32.8. The number of carbonyl (C=O) groups is 4. The Morgan fingerprint density at radius 3 is 1.04 bits per heavy atom. The van der Waals surface area contributed by atoms with Gasteiger partial charge >= 0.3 is 0 Å². The molecule has 4 amide bonds. The normalized spacial score (nSPS) is 13.5. The zero-order valence-electron chi connectivity index (χ0n) is 25.2. The van der Waals surface area contributed by atoms with Gasteiger partial charge in [0.05, 0.1) is 33.6 Å². The van der Waals surface area contributed by atoms with Crippen LogP contribution in [0.5, 0.6) is 23.0 Å². The fourth-order valence-electron chi connectivity index (χ4n) is 5.89. The highest BCUT2D eigenvalue weighted by atomic mass is 16.5. The van der Waals surface area contributed by atoms with E-state index < -0.39 is 23.6 Å². The van der Waals surface area contributed by atoms with Gasteiger partial charge in [0, 0.05) is 0 Å². The highest BCUT2D eigenvalue weighted by molar-refractivity contribution is 6.35. The lowest BCUT2D eigenvalue weighted by molar-refractivity contribution is 0.0910. The summed E-state index contributed by atoms with van der Waals surface area (Å²) in [5.41, 5.74) is 3.18. The molecule has 2 heterocycles. The molecule has 0 bridgehead atoms. The topological polar surface area (TPSA) is 93.2 Å². The molecule has 6 aromatic carbocycles. The van der Waals surface area contributed by atoms with Crippen molar-refractivity contribution >= 4 is 35.0 Å². The summed E-state index contributed by atoms with van der Waals surface area (Å²) in [7, 11) is 0. The van der Waals surface area contributed by atoms with E-state index in [1.54, 1.807) is 84.9 Å². The second kappa shape index (κ2) is 11.5. The summed E-state index contributed by atoms with van der Waals surface area (Å²) in [5, 5.41) is 0. The molecular weight excluding hydrogens is 604 g/mol. The van der Waals surface area contributed by atoms with Crippen LogP contribution < -0.4 is 19.3 Å². The number of anilines is 2. The molecule has 0 atom stereocenters. The van der Waals surface area contributed by atoms with Crippen molar-refractivity contribution in [3.8, 4) is 34.1 Å². The second-order valence-electron chi connectivity index (χ2n) is 11.2. The van der Waals surface area contributed by atoms with E-state index in [1.165, 1.54) is 0 Å². The van der Waals surface area contributed by atoms with Crippen LogP contribution in [0.3, 0.4) is 0 Å². The van der Waals surface area contributed by atoms with Crippen molar-refractivity contribution in [2.45, 2.75) is 0 Å². The maximum Gasteiger partial charge on any atom is 0.266 e. The lowest BCUT2D eigenvalue weighted by atomic mass is 9.97. The van der Waals surface area contributed by atoms with Crippen molar-refractivity contribution in [2.24, 2.45) is 0 Å². The molecule has 8 heteroatoms. The molecule has 0 saturated carbocycles. The molecule has 2 aliphatic heterocycles. The molecular formula is C40H24N2O6. The highest BCUT2D eigenvalue weighted by Crippen LogP contribution is 2.36. The fraction of sp³-hybridized carbons (Fsp3) is 0. The average Bonchev–Trinajstić information content (AvgIpc) is 3.53. The zero-order valence-corrected chi connectivity index (χ0v) is 25.2. The van der Waals surface area contributed by atoms with Crippen LogP contribution in [0, 0.1) is 0 Å². The predicted molar refractivity (Wildman–Crippen MR) is 180 cm³/mol. The molecule has 0 unspecified atom stereocenters. The molecule has 0 fully saturated rings. The van der Waals surface area contributed by atoms with Gasteiger partial charge in [-0.3, -0.25) is 19.2 Å². The maximum atomic E-state index is 13.5. The Bertz CT molecular complexity index is 2090. The van der Waals surface area contributed by atoms with E-state index in [0.29, 0.717) is 45.5 Å².